The summed E-state index contributed by atoms with van der Waals surface area (Å²) in [6.45, 7) is 2.51. The van der Waals surface area contributed by atoms with E-state index in [1.54, 1.807) is 7.05 Å². The molecule has 0 fully saturated rings. The number of unbranched alkanes of at least 4 members (excludes halogenated alkanes) is 8. The Labute approximate surface area is 164 Å². The highest BCUT2D eigenvalue weighted by molar-refractivity contribution is 7.85. The van der Waals surface area contributed by atoms with E-state index in [9.17, 15) is 18.0 Å². The van der Waals surface area contributed by atoms with Crippen LogP contribution in [0.2, 0.25) is 0 Å². The highest BCUT2D eigenvalue weighted by Gasteiger charge is 2.09. The van der Waals surface area contributed by atoms with E-state index in [0.29, 0.717) is 13.0 Å². The molecule has 0 aromatic heterocycles. The Balaban J connectivity index is 0. The van der Waals surface area contributed by atoms with Gasteiger partial charge in [0.25, 0.3) is 10.1 Å². The fraction of sp³-hybridized carbons (Fsp3) is 0.889. The van der Waals surface area contributed by atoms with Gasteiger partial charge < -0.3 is 15.7 Å². The third-order valence-corrected chi connectivity index (χ3v) is 4.71. The molecule has 0 rings (SSSR count). The minimum Gasteiger partial charge on any atom is -0.481 e. The van der Waals surface area contributed by atoms with Gasteiger partial charge >= 0.3 is 5.97 Å². The Bertz CT molecular complexity index is 482. The van der Waals surface area contributed by atoms with Gasteiger partial charge in [0.2, 0.25) is 5.91 Å². The van der Waals surface area contributed by atoms with Crippen molar-refractivity contribution in [2.75, 3.05) is 25.9 Å². The predicted molar refractivity (Wildman–Crippen MR) is 107 cm³/mol. The van der Waals surface area contributed by atoms with Crippen molar-refractivity contribution in [3.63, 3.8) is 0 Å². The molecule has 8 nitrogen and oxygen atoms in total. The summed E-state index contributed by atoms with van der Waals surface area (Å²) in [5, 5.41) is 8.56. The number of carboxylic acids is 1. The van der Waals surface area contributed by atoms with Gasteiger partial charge in [0.15, 0.2) is 0 Å². The van der Waals surface area contributed by atoms with Crippen molar-refractivity contribution in [1.29, 1.82) is 0 Å². The number of aliphatic carboxylic acids is 1. The van der Waals surface area contributed by atoms with Crippen LogP contribution in [0, 0.1) is 0 Å². The molecule has 0 atom stereocenters. The summed E-state index contributed by atoms with van der Waals surface area (Å²) in [4.78, 5) is 23.6. The maximum absolute atomic E-state index is 11.7. The number of carbonyl (C=O) groups excluding carboxylic acids is 1. The van der Waals surface area contributed by atoms with E-state index >= 15 is 0 Å². The number of nitrogens with zero attached hydrogens (tertiary/aromatic N) is 1. The van der Waals surface area contributed by atoms with E-state index in [1.165, 1.54) is 49.8 Å². The number of hydrogen-bond acceptors (Lipinski definition) is 5. The average Bonchev–Trinajstić information content (AvgIpc) is 2.57. The molecule has 9 heteroatoms. The van der Waals surface area contributed by atoms with Crippen molar-refractivity contribution in [2.45, 2.75) is 77.6 Å². The first-order valence-corrected chi connectivity index (χ1v) is 11.4. The summed E-state index contributed by atoms with van der Waals surface area (Å²) in [5.41, 5.74) is 4.78. The van der Waals surface area contributed by atoms with E-state index in [4.69, 9.17) is 15.4 Å². The van der Waals surface area contributed by atoms with Crippen LogP contribution in [0.3, 0.4) is 0 Å². The normalized spacial score (nSPS) is 10.8. The maximum atomic E-state index is 11.7. The zero-order chi connectivity index (χ0) is 21.1. The monoisotopic (exact) mass is 410 g/mol. The molecule has 0 saturated carbocycles. The van der Waals surface area contributed by atoms with E-state index < -0.39 is 16.1 Å². The summed E-state index contributed by atoms with van der Waals surface area (Å²) in [6.07, 6.45) is 11.7. The Morgan fingerprint density at radius 3 is 1.78 bits per heavy atom. The lowest BCUT2D eigenvalue weighted by molar-refractivity contribution is -0.138. The second-order valence-corrected chi connectivity index (χ2v) is 8.18. The number of carbonyl (C=O) groups is 2. The molecule has 4 N–H and O–H groups in total. The number of nitrogens with two attached hydrogens (primary N) is 1. The van der Waals surface area contributed by atoms with Gasteiger partial charge in [-0.3, -0.25) is 14.1 Å². The van der Waals surface area contributed by atoms with E-state index in [2.05, 4.69) is 6.92 Å². The average molecular weight is 411 g/mol. The van der Waals surface area contributed by atoms with Crippen LogP contribution in [-0.4, -0.2) is 60.7 Å². The van der Waals surface area contributed by atoms with Gasteiger partial charge in [0.05, 0.1) is 12.2 Å². The van der Waals surface area contributed by atoms with Crippen LogP contribution in [0.15, 0.2) is 0 Å². The molecule has 0 aromatic carbocycles. The molecule has 0 unspecified atom stereocenters. The lowest BCUT2D eigenvalue weighted by Crippen LogP contribution is -2.28. The summed E-state index contributed by atoms with van der Waals surface area (Å²) in [5.74, 6) is -1.14. The van der Waals surface area contributed by atoms with Gasteiger partial charge in [-0.2, -0.15) is 8.42 Å². The molecule has 0 radical (unpaired) electrons. The minimum absolute atomic E-state index is 0.0278. The van der Waals surface area contributed by atoms with Crippen molar-refractivity contribution in [2.24, 2.45) is 5.73 Å². The highest BCUT2D eigenvalue weighted by atomic mass is 32.2. The highest BCUT2D eigenvalue weighted by Crippen LogP contribution is 2.11. The van der Waals surface area contributed by atoms with E-state index in [-0.39, 0.29) is 24.6 Å². The van der Waals surface area contributed by atoms with Crippen LogP contribution in [0.4, 0.5) is 0 Å². The number of carboxylic acid groups (broad SMARTS) is 1. The molecule has 0 bridgehead atoms. The lowest BCUT2D eigenvalue weighted by Gasteiger charge is -2.15. The molecule has 0 aliphatic heterocycles. The SMILES string of the molecule is CCCCCCCCCCCC(=O)N(C)CCC(=O)O.NCCS(=O)(=O)O. The Kier molecular flexibility index (Phi) is 18.9. The molecule has 1 amide bonds. The summed E-state index contributed by atoms with van der Waals surface area (Å²) >= 11 is 0. The molecule has 162 valence electrons. The second kappa shape index (κ2) is 18.2. The van der Waals surface area contributed by atoms with Crippen molar-refractivity contribution in [3.8, 4) is 0 Å². The summed E-state index contributed by atoms with van der Waals surface area (Å²) < 4.78 is 27.3. The van der Waals surface area contributed by atoms with Gasteiger partial charge in [-0.25, -0.2) is 0 Å². The summed E-state index contributed by atoms with van der Waals surface area (Å²) in [7, 11) is -2.12. The topological polar surface area (TPSA) is 138 Å². The first-order chi connectivity index (χ1) is 12.6. The van der Waals surface area contributed by atoms with Gasteiger partial charge in [0, 0.05) is 26.6 Å². The largest absolute Gasteiger partial charge is 0.481 e. The molecule has 0 spiro atoms. The third kappa shape index (κ3) is 24.8. The Hall–Kier alpha value is -1.19. The third-order valence-electron chi connectivity index (χ3n) is 3.96. The van der Waals surface area contributed by atoms with Crippen LogP contribution in [0.1, 0.15) is 77.6 Å². The molecule has 0 heterocycles. The molecule has 0 saturated heterocycles. The van der Waals surface area contributed by atoms with Crippen molar-refractivity contribution >= 4 is 22.0 Å². The number of hydrogen-bond donors (Lipinski definition) is 3. The predicted octanol–water partition coefficient (Wildman–Crippen LogP) is 2.67. The fourth-order valence-electron chi connectivity index (χ4n) is 2.31. The van der Waals surface area contributed by atoms with Crippen molar-refractivity contribution < 1.29 is 27.7 Å². The second-order valence-electron chi connectivity index (χ2n) is 6.61. The number of amides is 1. The smallest absolute Gasteiger partial charge is 0.305 e. The molecule has 0 aliphatic carbocycles. The quantitative estimate of drug-likeness (QED) is 0.279. The molecule has 0 aliphatic rings. The fourth-order valence-corrected chi connectivity index (χ4v) is 2.61. The van der Waals surface area contributed by atoms with Gasteiger partial charge in [-0.05, 0) is 6.42 Å². The first-order valence-electron chi connectivity index (χ1n) is 9.75. The van der Waals surface area contributed by atoms with Crippen LogP contribution < -0.4 is 5.73 Å². The van der Waals surface area contributed by atoms with Crippen LogP contribution in [-0.2, 0) is 19.7 Å². The maximum Gasteiger partial charge on any atom is 0.305 e. The lowest BCUT2D eigenvalue weighted by atomic mass is 10.1. The Morgan fingerprint density at radius 1 is 0.926 bits per heavy atom. The minimum atomic E-state index is -3.80. The van der Waals surface area contributed by atoms with Gasteiger partial charge in [0.1, 0.15) is 0 Å². The molecular formula is C18H38N2O6S. The first kappa shape index (κ1) is 28.0. The summed E-state index contributed by atoms with van der Waals surface area (Å²) in [6, 6.07) is 0. The van der Waals surface area contributed by atoms with Gasteiger partial charge in [-0.1, -0.05) is 58.3 Å². The Morgan fingerprint density at radius 2 is 1.41 bits per heavy atom. The van der Waals surface area contributed by atoms with Crippen LogP contribution in [0.5, 0.6) is 0 Å². The van der Waals surface area contributed by atoms with Gasteiger partial charge in [-0.15, -0.1) is 0 Å². The van der Waals surface area contributed by atoms with E-state index in [1.807, 2.05) is 0 Å². The number of rotatable bonds is 15. The van der Waals surface area contributed by atoms with Crippen molar-refractivity contribution in [3.05, 3.63) is 0 Å². The molecular weight excluding hydrogens is 372 g/mol. The molecule has 27 heavy (non-hydrogen) atoms. The molecule has 0 aromatic rings. The zero-order valence-corrected chi connectivity index (χ0v) is 17.7. The van der Waals surface area contributed by atoms with Crippen LogP contribution >= 0.6 is 0 Å². The van der Waals surface area contributed by atoms with Crippen molar-refractivity contribution in [1.82, 2.24) is 4.90 Å². The van der Waals surface area contributed by atoms with Crippen LogP contribution in [0.25, 0.3) is 0 Å². The standard InChI is InChI=1S/C16H31NO3.C2H7NO3S/c1-3-4-5-6-7-8-9-10-11-12-15(18)17(2)14-13-16(19)20;3-1-2-7(4,5)6/h3-14H2,1-2H3,(H,19,20);1-3H2,(H,4,5,6). The zero-order valence-electron chi connectivity index (χ0n) is 16.9. The van der Waals surface area contributed by atoms with E-state index in [0.717, 1.165) is 12.8 Å².